The second-order valence-electron chi connectivity index (χ2n) is 7.22. The standard InChI is InChI=1S/C21H17F3N6/c22-21(23,24)17-13-30-16(10-27-19(30)11-26-17)20-25-8-6-18(28-20)29-9-7-15(12-29)14-4-2-1-3-5-14/h1-6,8,10-11,13,15H,7,9,12H2. The summed E-state index contributed by atoms with van der Waals surface area (Å²) in [5.74, 6) is 1.49. The van der Waals surface area contributed by atoms with E-state index in [1.54, 1.807) is 6.20 Å². The molecule has 1 fully saturated rings. The van der Waals surface area contributed by atoms with Crippen LogP contribution in [-0.2, 0) is 6.18 Å². The van der Waals surface area contributed by atoms with Crippen LogP contribution in [0.5, 0.6) is 0 Å². The fraction of sp³-hybridized carbons (Fsp3) is 0.238. The van der Waals surface area contributed by atoms with Crippen molar-refractivity contribution in [3.63, 3.8) is 0 Å². The minimum Gasteiger partial charge on any atom is -0.356 e. The molecule has 0 spiro atoms. The second kappa shape index (κ2) is 7.08. The van der Waals surface area contributed by atoms with Crippen LogP contribution in [0.3, 0.4) is 0 Å². The zero-order valence-electron chi connectivity index (χ0n) is 15.8. The molecule has 0 saturated carbocycles. The van der Waals surface area contributed by atoms with Crippen LogP contribution in [0.1, 0.15) is 23.6 Å². The Bertz CT molecular complexity index is 1190. The SMILES string of the molecule is FC(F)(F)c1cn2c(-c3nccc(N4CCC(c5ccccc5)C4)n3)cnc2cn1. The van der Waals surface area contributed by atoms with Crippen LogP contribution < -0.4 is 4.90 Å². The Kier molecular flexibility index (Phi) is 4.38. The van der Waals surface area contributed by atoms with Gasteiger partial charge in [0.2, 0.25) is 0 Å². The van der Waals surface area contributed by atoms with Crippen LogP contribution >= 0.6 is 0 Å². The molecule has 152 valence electrons. The number of rotatable bonds is 3. The first-order valence-electron chi connectivity index (χ1n) is 9.52. The molecule has 1 aromatic carbocycles. The van der Waals surface area contributed by atoms with Crippen LogP contribution in [0, 0.1) is 0 Å². The third-order valence-electron chi connectivity index (χ3n) is 5.34. The zero-order chi connectivity index (χ0) is 20.7. The highest BCUT2D eigenvalue weighted by Crippen LogP contribution is 2.31. The van der Waals surface area contributed by atoms with Gasteiger partial charge in [-0.05, 0) is 18.1 Å². The van der Waals surface area contributed by atoms with E-state index >= 15 is 0 Å². The molecular weight excluding hydrogens is 393 g/mol. The molecule has 0 radical (unpaired) electrons. The zero-order valence-corrected chi connectivity index (χ0v) is 15.8. The number of hydrogen-bond donors (Lipinski definition) is 0. The lowest BCUT2D eigenvalue weighted by Gasteiger charge is -2.18. The molecule has 3 aromatic heterocycles. The van der Waals surface area contributed by atoms with Gasteiger partial charge >= 0.3 is 6.18 Å². The predicted molar refractivity (Wildman–Crippen MR) is 105 cm³/mol. The third-order valence-corrected chi connectivity index (χ3v) is 5.34. The van der Waals surface area contributed by atoms with Crippen molar-refractivity contribution in [1.82, 2.24) is 24.3 Å². The molecule has 1 aliphatic heterocycles. The number of anilines is 1. The third kappa shape index (κ3) is 3.36. The number of hydrogen-bond acceptors (Lipinski definition) is 5. The summed E-state index contributed by atoms with van der Waals surface area (Å²) >= 11 is 0. The second-order valence-corrected chi connectivity index (χ2v) is 7.22. The van der Waals surface area contributed by atoms with Crippen molar-refractivity contribution in [3.05, 3.63) is 72.4 Å². The van der Waals surface area contributed by atoms with Crippen molar-refractivity contribution in [1.29, 1.82) is 0 Å². The summed E-state index contributed by atoms with van der Waals surface area (Å²) in [5.41, 5.74) is 0.995. The van der Waals surface area contributed by atoms with Crippen molar-refractivity contribution < 1.29 is 13.2 Å². The van der Waals surface area contributed by atoms with E-state index in [4.69, 9.17) is 0 Å². The van der Waals surface area contributed by atoms with Crippen molar-refractivity contribution in [2.24, 2.45) is 0 Å². The molecule has 6 nitrogen and oxygen atoms in total. The Balaban J connectivity index is 1.46. The van der Waals surface area contributed by atoms with Gasteiger partial charge in [0.1, 0.15) is 11.5 Å². The first-order chi connectivity index (χ1) is 14.5. The number of alkyl halides is 3. The molecule has 1 atom stereocenters. The highest BCUT2D eigenvalue weighted by atomic mass is 19.4. The van der Waals surface area contributed by atoms with Gasteiger partial charge in [0.15, 0.2) is 17.2 Å². The van der Waals surface area contributed by atoms with Crippen LogP contribution in [0.2, 0.25) is 0 Å². The van der Waals surface area contributed by atoms with Crippen molar-refractivity contribution in [3.8, 4) is 11.5 Å². The normalized spacial score (nSPS) is 17.0. The molecule has 5 rings (SSSR count). The lowest BCUT2D eigenvalue weighted by molar-refractivity contribution is -0.141. The minimum atomic E-state index is -4.54. The van der Waals surface area contributed by atoms with E-state index in [1.807, 2.05) is 24.3 Å². The fourth-order valence-corrected chi connectivity index (χ4v) is 3.82. The van der Waals surface area contributed by atoms with Crippen LogP contribution in [0.4, 0.5) is 19.0 Å². The number of imidazole rings is 1. The van der Waals surface area contributed by atoms with Gasteiger partial charge in [0.25, 0.3) is 0 Å². The molecule has 9 heteroatoms. The maximum absolute atomic E-state index is 13.1. The molecule has 1 unspecified atom stereocenters. The number of benzene rings is 1. The average molecular weight is 410 g/mol. The van der Waals surface area contributed by atoms with E-state index in [2.05, 4.69) is 37.0 Å². The number of nitrogens with zero attached hydrogens (tertiary/aromatic N) is 6. The molecule has 1 saturated heterocycles. The molecule has 0 N–H and O–H groups in total. The Morgan fingerprint density at radius 2 is 1.80 bits per heavy atom. The lowest BCUT2D eigenvalue weighted by Crippen LogP contribution is -2.20. The molecule has 4 heterocycles. The molecule has 1 aliphatic rings. The lowest BCUT2D eigenvalue weighted by atomic mass is 9.99. The summed E-state index contributed by atoms with van der Waals surface area (Å²) in [5, 5.41) is 0. The Morgan fingerprint density at radius 1 is 0.967 bits per heavy atom. The van der Waals surface area contributed by atoms with Gasteiger partial charge in [0, 0.05) is 31.4 Å². The van der Waals surface area contributed by atoms with E-state index in [0.29, 0.717) is 23.1 Å². The Morgan fingerprint density at radius 3 is 2.60 bits per heavy atom. The topological polar surface area (TPSA) is 59.2 Å². The fourth-order valence-electron chi connectivity index (χ4n) is 3.82. The van der Waals surface area contributed by atoms with Gasteiger partial charge in [-0.25, -0.2) is 19.9 Å². The molecular formula is C21H17F3N6. The molecule has 0 bridgehead atoms. The van der Waals surface area contributed by atoms with Gasteiger partial charge < -0.3 is 4.90 Å². The summed E-state index contributed by atoms with van der Waals surface area (Å²) in [7, 11) is 0. The monoisotopic (exact) mass is 410 g/mol. The molecule has 4 aromatic rings. The van der Waals surface area contributed by atoms with Crippen molar-refractivity contribution >= 4 is 11.5 Å². The smallest absolute Gasteiger partial charge is 0.356 e. The van der Waals surface area contributed by atoms with Crippen molar-refractivity contribution in [2.75, 3.05) is 18.0 Å². The van der Waals surface area contributed by atoms with Gasteiger partial charge in [-0.1, -0.05) is 30.3 Å². The highest BCUT2D eigenvalue weighted by Gasteiger charge is 2.33. The Hall–Kier alpha value is -3.49. The van der Waals surface area contributed by atoms with Crippen LogP contribution in [0.15, 0.2) is 61.2 Å². The molecule has 0 amide bonds. The van der Waals surface area contributed by atoms with Gasteiger partial charge in [0.05, 0.1) is 12.4 Å². The number of fused-ring (bicyclic) bond motifs is 1. The molecule has 0 aliphatic carbocycles. The number of aromatic nitrogens is 5. The van der Waals surface area contributed by atoms with Gasteiger partial charge in [-0.15, -0.1) is 0 Å². The van der Waals surface area contributed by atoms with E-state index in [-0.39, 0.29) is 0 Å². The summed E-state index contributed by atoms with van der Waals surface area (Å²) in [6.45, 7) is 1.68. The first-order valence-corrected chi connectivity index (χ1v) is 9.52. The van der Waals surface area contributed by atoms with E-state index < -0.39 is 11.9 Å². The summed E-state index contributed by atoms with van der Waals surface area (Å²) in [4.78, 5) is 18.6. The van der Waals surface area contributed by atoms with Crippen molar-refractivity contribution in [2.45, 2.75) is 18.5 Å². The first kappa shape index (κ1) is 18.5. The summed E-state index contributed by atoms with van der Waals surface area (Å²) < 4.78 is 40.5. The maximum Gasteiger partial charge on any atom is 0.434 e. The van der Waals surface area contributed by atoms with E-state index in [9.17, 15) is 13.2 Å². The van der Waals surface area contributed by atoms with Crippen LogP contribution in [-0.4, -0.2) is 37.4 Å². The number of halogens is 3. The molecule has 30 heavy (non-hydrogen) atoms. The quantitative estimate of drug-likeness (QED) is 0.507. The Labute approximate surface area is 170 Å². The van der Waals surface area contributed by atoms with Gasteiger partial charge in [-0.2, -0.15) is 13.2 Å². The van der Waals surface area contributed by atoms with E-state index in [1.165, 1.54) is 16.2 Å². The highest BCUT2D eigenvalue weighted by molar-refractivity contribution is 5.58. The summed E-state index contributed by atoms with van der Waals surface area (Å²) in [6.07, 6.45) is 1.59. The average Bonchev–Trinajstić information content (AvgIpc) is 3.41. The maximum atomic E-state index is 13.1. The predicted octanol–water partition coefficient (Wildman–Crippen LogP) is 4.20. The van der Waals surface area contributed by atoms with E-state index in [0.717, 1.165) is 37.7 Å². The van der Waals surface area contributed by atoms with Crippen LogP contribution in [0.25, 0.3) is 17.2 Å². The largest absolute Gasteiger partial charge is 0.434 e. The summed E-state index contributed by atoms with van der Waals surface area (Å²) in [6, 6.07) is 12.2. The van der Waals surface area contributed by atoms with Gasteiger partial charge in [-0.3, -0.25) is 4.40 Å². The minimum absolute atomic E-state index is 0.303.